The van der Waals surface area contributed by atoms with Gasteiger partial charge in [0.2, 0.25) is 41.4 Å². The number of primary amides is 1. The molecular formula is C42H58N8O13. The van der Waals surface area contributed by atoms with E-state index < -0.39 is 120 Å². The quantitative estimate of drug-likeness (QED) is 0.0553. The Kier molecular flexibility index (Phi) is 19.4. The van der Waals surface area contributed by atoms with Crippen molar-refractivity contribution in [3.8, 4) is 5.75 Å². The Morgan fingerprint density at radius 2 is 1.21 bits per heavy atom. The highest BCUT2D eigenvalue weighted by molar-refractivity contribution is 5.97. The average molecular weight is 883 g/mol. The van der Waals surface area contributed by atoms with E-state index in [1.54, 1.807) is 44.2 Å². The summed E-state index contributed by atoms with van der Waals surface area (Å²) >= 11 is 0. The number of carbonyl (C=O) groups excluding carboxylic acids is 7. The van der Waals surface area contributed by atoms with E-state index in [-0.39, 0.29) is 44.4 Å². The number of aliphatic hydroxyl groups is 1. The molecule has 21 nitrogen and oxygen atoms in total. The zero-order valence-electron chi connectivity index (χ0n) is 35.3. The molecule has 0 bridgehead atoms. The Morgan fingerprint density at radius 1 is 0.683 bits per heavy atom. The molecule has 2 aromatic rings. The summed E-state index contributed by atoms with van der Waals surface area (Å²) in [5.74, 6) is -9.44. The first-order valence-electron chi connectivity index (χ1n) is 20.5. The van der Waals surface area contributed by atoms with Crippen LogP contribution in [0.1, 0.15) is 70.4 Å². The van der Waals surface area contributed by atoms with Crippen LogP contribution in [-0.2, 0) is 56.0 Å². The normalized spacial score (nSPS) is 16.9. The first kappa shape index (κ1) is 50.7. The van der Waals surface area contributed by atoms with Gasteiger partial charge < -0.3 is 63.4 Å². The van der Waals surface area contributed by atoms with E-state index in [2.05, 4.69) is 26.6 Å². The van der Waals surface area contributed by atoms with E-state index in [1.807, 2.05) is 0 Å². The average Bonchev–Trinajstić information content (AvgIpc) is 3.73. The molecule has 21 heteroatoms. The maximum atomic E-state index is 14.0. The predicted octanol–water partition coefficient (Wildman–Crippen LogP) is -1.83. The molecule has 1 aliphatic rings. The zero-order chi connectivity index (χ0) is 47.0. The zero-order valence-corrected chi connectivity index (χ0v) is 35.3. The van der Waals surface area contributed by atoms with Gasteiger partial charge in [0.1, 0.15) is 42.0 Å². The maximum Gasteiger partial charge on any atom is 0.326 e. The molecule has 1 fully saturated rings. The molecule has 1 aliphatic heterocycles. The lowest BCUT2D eigenvalue weighted by molar-refractivity contribution is -0.150. The number of aliphatic hydroxyl groups excluding tert-OH is 1. The Morgan fingerprint density at radius 3 is 1.75 bits per heavy atom. The fourth-order valence-electron chi connectivity index (χ4n) is 6.83. The van der Waals surface area contributed by atoms with Crippen molar-refractivity contribution >= 4 is 53.3 Å². The molecule has 0 radical (unpaired) electrons. The molecule has 1 heterocycles. The maximum absolute atomic E-state index is 14.0. The molecule has 1 saturated heterocycles. The Bertz CT molecular complexity index is 1950. The van der Waals surface area contributed by atoms with Crippen LogP contribution in [-0.4, -0.2) is 134 Å². The topological polar surface area (TPSA) is 350 Å². The van der Waals surface area contributed by atoms with Crippen molar-refractivity contribution in [3.63, 3.8) is 0 Å². The minimum absolute atomic E-state index is 0.00932. The number of likely N-dealkylation sites (tertiary alicyclic amines) is 1. The number of carboxylic acid groups (broad SMARTS) is 2. The third-order valence-electron chi connectivity index (χ3n) is 10.4. The Hall–Kier alpha value is -6.61. The summed E-state index contributed by atoms with van der Waals surface area (Å²) in [5, 5.41) is 51.7. The number of rotatable bonds is 24. The number of carboxylic acids is 2. The molecule has 2 aromatic carbocycles. The first-order valence-corrected chi connectivity index (χ1v) is 20.5. The van der Waals surface area contributed by atoms with Crippen LogP contribution < -0.4 is 38.1 Å². The van der Waals surface area contributed by atoms with Crippen molar-refractivity contribution in [2.24, 2.45) is 17.4 Å². The van der Waals surface area contributed by atoms with Crippen LogP contribution in [0.5, 0.6) is 5.75 Å². The van der Waals surface area contributed by atoms with Gasteiger partial charge in [0.15, 0.2) is 0 Å². The van der Waals surface area contributed by atoms with Crippen molar-refractivity contribution in [2.45, 2.75) is 121 Å². The van der Waals surface area contributed by atoms with Gasteiger partial charge in [-0.2, -0.15) is 0 Å². The second kappa shape index (κ2) is 24.1. The fourth-order valence-corrected chi connectivity index (χ4v) is 6.83. The van der Waals surface area contributed by atoms with E-state index >= 15 is 0 Å². The lowest BCUT2D eigenvalue weighted by atomic mass is 10.0. The van der Waals surface area contributed by atoms with Crippen molar-refractivity contribution < 1.29 is 63.6 Å². The summed E-state index contributed by atoms with van der Waals surface area (Å²) in [7, 11) is 0. The lowest BCUT2D eigenvalue weighted by Crippen LogP contribution is -2.62. The minimum atomic E-state index is -1.70. The van der Waals surface area contributed by atoms with Crippen LogP contribution in [0.15, 0.2) is 54.6 Å². The van der Waals surface area contributed by atoms with Gasteiger partial charge in [-0.25, -0.2) is 4.79 Å². The number of phenolic OH excluding ortho intramolecular Hbond substituents is 1. The smallest absolute Gasteiger partial charge is 0.326 e. The van der Waals surface area contributed by atoms with Crippen molar-refractivity contribution in [3.05, 3.63) is 65.7 Å². The number of aromatic hydroxyl groups is 1. The summed E-state index contributed by atoms with van der Waals surface area (Å²) in [5.41, 5.74) is 12.5. The van der Waals surface area contributed by atoms with Crippen molar-refractivity contribution in [2.75, 3.05) is 6.54 Å². The third-order valence-corrected chi connectivity index (χ3v) is 10.4. The van der Waals surface area contributed by atoms with Crippen LogP contribution in [0.3, 0.4) is 0 Å². The summed E-state index contributed by atoms with van der Waals surface area (Å²) in [6.45, 7) is 4.60. The summed E-state index contributed by atoms with van der Waals surface area (Å²) < 4.78 is 0. The predicted molar refractivity (Wildman–Crippen MR) is 224 cm³/mol. The number of hydrogen-bond donors (Lipinski definition) is 11. The van der Waals surface area contributed by atoms with Gasteiger partial charge in [0, 0.05) is 25.8 Å². The van der Waals surface area contributed by atoms with Gasteiger partial charge in [-0.1, -0.05) is 56.3 Å². The number of hydrogen-bond acceptors (Lipinski definition) is 12. The van der Waals surface area contributed by atoms with Crippen LogP contribution in [0.4, 0.5) is 0 Å². The van der Waals surface area contributed by atoms with Gasteiger partial charge >= 0.3 is 11.9 Å². The van der Waals surface area contributed by atoms with Gasteiger partial charge in [-0.3, -0.25) is 38.4 Å². The highest BCUT2D eigenvalue weighted by Crippen LogP contribution is 2.21. The van der Waals surface area contributed by atoms with Crippen molar-refractivity contribution in [1.82, 2.24) is 31.5 Å². The largest absolute Gasteiger partial charge is 0.508 e. The molecule has 344 valence electrons. The molecule has 8 atom stereocenters. The summed E-state index contributed by atoms with van der Waals surface area (Å²) in [4.78, 5) is 118. The number of benzene rings is 2. The monoisotopic (exact) mass is 882 g/mol. The minimum Gasteiger partial charge on any atom is -0.508 e. The van der Waals surface area contributed by atoms with E-state index in [4.69, 9.17) is 11.5 Å². The second-order valence-electron chi connectivity index (χ2n) is 15.8. The first-order chi connectivity index (χ1) is 29.7. The van der Waals surface area contributed by atoms with Gasteiger partial charge in [0.05, 0.1) is 12.1 Å². The van der Waals surface area contributed by atoms with Crippen LogP contribution in [0, 0.1) is 5.92 Å². The number of nitrogens with zero attached hydrogens (tertiary/aromatic N) is 1. The highest BCUT2D eigenvalue weighted by atomic mass is 16.4. The Balaban J connectivity index is 1.86. The fraction of sp³-hybridized carbons (Fsp3) is 0.500. The van der Waals surface area contributed by atoms with Gasteiger partial charge in [0.25, 0.3) is 0 Å². The molecule has 13 N–H and O–H groups in total. The second-order valence-corrected chi connectivity index (χ2v) is 15.8. The Labute approximate surface area is 363 Å². The molecular weight excluding hydrogens is 825 g/mol. The number of amides is 7. The van der Waals surface area contributed by atoms with Crippen molar-refractivity contribution in [1.29, 1.82) is 0 Å². The van der Waals surface area contributed by atoms with E-state index in [9.17, 15) is 63.6 Å². The summed E-state index contributed by atoms with van der Waals surface area (Å²) in [6, 6.07) is 4.24. The number of aliphatic carboxylic acids is 2. The van der Waals surface area contributed by atoms with Crippen LogP contribution in [0.2, 0.25) is 0 Å². The molecule has 3 rings (SSSR count). The van der Waals surface area contributed by atoms with E-state index in [0.29, 0.717) is 17.5 Å². The third kappa shape index (κ3) is 16.0. The number of nitrogens with one attached hydrogen (secondary N) is 5. The SMILES string of the molecule is CC(C)[C@H](NC(=O)[C@@H](NC(=O)[C@H](Cc1ccccc1)NC(=O)[C@H](CCC(=O)O)NC(=O)[C@H](CCC(N)=O)NC(=O)[C@@H](N)Cc1ccc(O)cc1)[C@@H](C)O)C(=O)N1CCC[C@H]1C(=O)O. The molecule has 0 aliphatic carbocycles. The molecule has 0 aromatic heterocycles. The molecule has 63 heavy (non-hydrogen) atoms. The standard InChI is InChI=1S/C42H58N8O13/c1-22(2)34(41(61)50-19-7-10-31(50)42(62)63)48-40(60)35(23(3)51)49-39(59)30(21-24-8-5-4-6-9-24)47-38(58)29(16-18-33(54)55)46-37(57)28(15-17-32(44)53)45-36(56)27(43)20-25-11-13-26(52)14-12-25/h4-6,8-9,11-14,22-23,27-31,34-35,51-52H,7,10,15-21,43H2,1-3H3,(H2,44,53)(H,45,56)(H,46,57)(H,47,58)(H,48,60)(H,49,59)(H,54,55)(H,62,63)/t23-,27+,28+,29+,30+,31+,34+,35+/m1/s1. The number of phenols is 1. The van der Waals surface area contributed by atoms with Gasteiger partial charge in [-0.05, 0) is 68.2 Å². The van der Waals surface area contributed by atoms with E-state index in [1.165, 1.54) is 31.2 Å². The molecule has 0 saturated carbocycles. The lowest BCUT2D eigenvalue weighted by Gasteiger charge is -2.31. The highest BCUT2D eigenvalue weighted by Gasteiger charge is 2.40. The molecule has 7 amide bonds. The molecule has 0 spiro atoms. The van der Waals surface area contributed by atoms with Crippen LogP contribution in [0.25, 0.3) is 0 Å². The summed E-state index contributed by atoms with van der Waals surface area (Å²) in [6.07, 6.45) is -2.99. The molecule has 0 unspecified atom stereocenters. The number of nitrogens with two attached hydrogens (primary N) is 2. The number of carbonyl (C=O) groups is 9. The van der Waals surface area contributed by atoms with Crippen LogP contribution >= 0.6 is 0 Å². The van der Waals surface area contributed by atoms with E-state index in [0.717, 1.165) is 4.90 Å². The van der Waals surface area contributed by atoms with Gasteiger partial charge in [-0.15, -0.1) is 0 Å².